The SMILES string of the molecule is O=C1c2cccnc2C(=O)N1c1cccnc1. The van der Waals surface area contributed by atoms with Crippen molar-refractivity contribution in [3.8, 4) is 0 Å². The maximum atomic E-state index is 12.0. The number of imide groups is 1. The van der Waals surface area contributed by atoms with Gasteiger partial charge in [-0.05, 0) is 24.3 Å². The number of rotatable bonds is 1. The minimum absolute atomic E-state index is 0.196. The van der Waals surface area contributed by atoms with E-state index in [1.54, 1.807) is 30.5 Å². The van der Waals surface area contributed by atoms with Crippen molar-refractivity contribution in [2.75, 3.05) is 4.90 Å². The van der Waals surface area contributed by atoms with Crippen LogP contribution in [0.4, 0.5) is 5.69 Å². The fraction of sp³-hybridized carbons (Fsp3) is 0. The molecule has 0 N–H and O–H groups in total. The van der Waals surface area contributed by atoms with Gasteiger partial charge in [0.15, 0.2) is 0 Å². The summed E-state index contributed by atoms with van der Waals surface area (Å²) in [4.78, 5) is 33.0. The largest absolute Gasteiger partial charge is 0.284 e. The Morgan fingerprint density at radius 1 is 1.00 bits per heavy atom. The zero-order valence-electron chi connectivity index (χ0n) is 8.70. The molecule has 17 heavy (non-hydrogen) atoms. The van der Waals surface area contributed by atoms with Gasteiger partial charge in [-0.3, -0.25) is 19.6 Å². The Labute approximate surface area is 96.7 Å². The minimum Gasteiger partial charge on any atom is -0.268 e. The number of carbonyl (C=O) groups excluding carboxylic acids is 2. The molecule has 1 aliphatic rings. The average molecular weight is 225 g/mol. The van der Waals surface area contributed by atoms with Crippen molar-refractivity contribution >= 4 is 17.5 Å². The zero-order valence-corrected chi connectivity index (χ0v) is 8.70. The highest BCUT2D eigenvalue weighted by atomic mass is 16.2. The first-order valence-corrected chi connectivity index (χ1v) is 5.03. The Morgan fingerprint density at radius 2 is 1.82 bits per heavy atom. The molecule has 0 spiro atoms. The van der Waals surface area contributed by atoms with Crippen LogP contribution in [0.15, 0.2) is 42.9 Å². The lowest BCUT2D eigenvalue weighted by atomic mass is 10.2. The lowest BCUT2D eigenvalue weighted by Gasteiger charge is -2.12. The topological polar surface area (TPSA) is 63.2 Å². The van der Waals surface area contributed by atoms with Crippen LogP contribution in [0.25, 0.3) is 0 Å². The number of hydrogen-bond donors (Lipinski definition) is 0. The number of amides is 2. The summed E-state index contributed by atoms with van der Waals surface area (Å²) in [6.45, 7) is 0. The second kappa shape index (κ2) is 3.48. The van der Waals surface area contributed by atoms with E-state index in [1.807, 2.05) is 0 Å². The van der Waals surface area contributed by atoms with Gasteiger partial charge >= 0.3 is 0 Å². The summed E-state index contributed by atoms with van der Waals surface area (Å²) in [5.41, 5.74) is 0.989. The summed E-state index contributed by atoms with van der Waals surface area (Å²) in [6, 6.07) is 6.57. The summed E-state index contributed by atoms with van der Waals surface area (Å²) in [6.07, 6.45) is 4.55. The third-order valence-corrected chi connectivity index (χ3v) is 2.55. The first-order valence-electron chi connectivity index (χ1n) is 5.03. The molecule has 2 aromatic heterocycles. The van der Waals surface area contributed by atoms with E-state index in [0.717, 1.165) is 4.90 Å². The molecule has 82 valence electrons. The summed E-state index contributed by atoms with van der Waals surface area (Å²) < 4.78 is 0. The van der Waals surface area contributed by atoms with Crippen LogP contribution in [-0.4, -0.2) is 21.8 Å². The van der Waals surface area contributed by atoms with Crippen LogP contribution in [-0.2, 0) is 0 Å². The Bertz CT molecular complexity index is 575. The number of fused-ring (bicyclic) bond motifs is 1. The van der Waals surface area contributed by atoms with Crippen molar-refractivity contribution in [3.63, 3.8) is 0 Å². The van der Waals surface area contributed by atoms with E-state index in [9.17, 15) is 9.59 Å². The molecular weight excluding hydrogens is 218 g/mol. The van der Waals surface area contributed by atoms with Gasteiger partial charge in [-0.1, -0.05) is 0 Å². The molecule has 0 saturated heterocycles. The third kappa shape index (κ3) is 1.32. The standard InChI is InChI=1S/C12H7N3O2/c16-11-9-4-2-6-14-10(9)12(17)15(11)8-3-1-5-13-7-8/h1-7H. The number of pyridine rings is 2. The molecule has 0 aromatic carbocycles. The molecule has 0 bridgehead atoms. The molecule has 5 heteroatoms. The van der Waals surface area contributed by atoms with Gasteiger partial charge in [0.2, 0.25) is 0 Å². The minimum atomic E-state index is -0.404. The molecule has 0 aliphatic carbocycles. The number of carbonyl (C=O) groups is 2. The van der Waals surface area contributed by atoms with Crippen molar-refractivity contribution < 1.29 is 9.59 Å². The molecule has 5 nitrogen and oxygen atoms in total. The number of hydrogen-bond acceptors (Lipinski definition) is 4. The quantitative estimate of drug-likeness (QED) is 0.686. The summed E-state index contributed by atoms with van der Waals surface area (Å²) >= 11 is 0. The average Bonchev–Trinajstić information content (AvgIpc) is 2.64. The molecule has 0 saturated carbocycles. The number of nitrogens with zero attached hydrogens (tertiary/aromatic N) is 3. The van der Waals surface area contributed by atoms with Gasteiger partial charge in [0, 0.05) is 12.4 Å². The van der Waals surface area contributed by atoms with Crippen LogP contribution in [0.5, 0.6) is 0 Å². The Balaban J connectivity index is 2.13. The van der Waals surface area contributed by atoms with E-state index in [1.165, 1.54) is 12.4 Å². The molecule has 3 heterocycles. The molecule has 0 unspecified atom stereocenters. The van der Waals surface area contributed by atoms with E-state index >= 15 is 0 Å². The van der Waals surface area contributed by atoms with Crippen LogP contribution < -0.4 is 4.90 Å². The normalized spacial score (nSPS) is 14.0. The van der Waals surface area contributed by atoms with Crippen molar-refractivity contribution in [1.29, 1.82) is 0 Å². The van der Waals surface area contributed by atoms with Crippen molar-refractivity contribution in [2.45, 2.75) is 0 Å². The lowest BCUT2D eigenvalue weighted by Crippen LogP contribution is -2.29. The Kier molecular flexibility index (Phi) is 1.98. The van der Waals surface area contributed by atoms with Crippen LogP contribution in [0.2, 0.25) is 0 Å². The predicted octanol–water partition coefficient (Wildman–Crippen LogP) is 1.28. The molecule has 0 fully saturated rings. The Morgan fingerprint density at radius 3 is 2.53 bits per heavy atom. The summed E-state index contributed by atoms with van der Waals surface area (Å²) in [5, 5.41) is 0. The molecule has 0 radical (unpaired) electrons. The fourth-order valence-corrected chi connectivity index (χ4v) is 1.79. The third-order valence-electron chi connectivity index (χ3n) is 2.55. The van der Waals surface area contributed by atoms with Crippen molar-refractivity contribution in [3.05, 3.63) is 54.1 Å². The molecule has 2 aromatic rings. The van der Waals surface area contributed by atoms with E-state index < -0.39 is 5.91 Å². The van der Waals surface area contributed by atoms with E-state index in [2.05, 4.69) is 9.97 Å². The number of aromatic nitrogens is 2. The van der Waals surface area contributed by atoms with Gasteiger partial charge < -0.3 is 0 Å². The van der Waals surface area contributed by atoms with E-state index in [-0.39, 0.29) is 11.6 Å². The van der Waals surface area contributed by atoms with Gasteiger partial charge in [-0.2, -0.15) is 0 Å². The highest BCUT2D eigenvalue weighted by molar-refractivity contribution is 6.33. The van der Waals surface area contributed by atoms with Gasteiger partial charge in [0.05, 0.1) is 17.4 Å². The lowest BCUT2D eigenvalue weighted by molar-refractivity contribution is 0.0924. The monoisotopic (exact) mass is 225 g/mol. The highest BCUT2D eigenvalue weighted by Gasteiger charge is 2.37. The highest BCUT2D eigenvalue weighted by Crippen LogP contribution is 2.25. The van der Waals surface area contributed by atoms with E-state index in [0.29, 0.717) is 11.3 Å². The van der Waals surface area contributed by atoms with Crippen molar-refractivity contribution in [1.82, 2.24) is 9.97 Å². The van der Waals surface area contributed by atoms with E-state index in [4.69, 9.17) is 0 Å². The Hall–Kier alpha value is -2.56. The molecular formula is C12H7N3O2. The molecule has 0 atom stereocenters. The van der Waals surface area contributed by atoms with Crippen LogP contribution in [0.3, 0.4) is 0 Å². The second-order valence-electron chi connectivity index (χ2n) is 3.56. The first-order chi connectivity index (χ1) is 8.29. The first kappa shape index (κ1) is 9.65. The second-order valence-corrected chi connectivity index (χ2v) is 3.56. The van der Waals surface area contributed by atoms with Gasteiger partial charge in [0.25, 0.3) is 11.8 Å². The molecule has 3 rings (SSSR count). The molecule has 2 amide bonds. The van der Waals surface area contributed by atoms with Crippen molar-refractivity contribution in [2.24, 2.45) is 0 Å². The maximum Gasteiger partial charge on any atom is 0.284 e. The number of anilines is 1. The maximum absolute atomic E-state index is 12.0. The van der Waals surface area contributed by atoms with Crippen LogP contribution in [0, 0.1) is 0 Å². The summed E-state index contributed by atoms with van der Waals surface area (Å²) in [5.74, 6) is -0.760. The summed E-state index contributed by atoms with van der Waals surface area (Å²) in [7, 11) is 0. The van der Waals surface area contributed by atoms with Crippen LogP contribution in [0.1, 0.15) is 20.8 Å². The predicted molar refractivity (Wildman–Crippen MR) is 59.6 cm³/mol. The van der Waals surface area contributed by atoms with Gasteiger partial charge in [0.1, 0.15) is 5.69 Å². The molecule has 1 aliphatic heterocycles. The zero-order chi connectivity index (χ0) is 11.8. The van der Waals surface area contributed by atoms with Gasteiger partial charge in [-0.15, -0.1) is 0 Å². The smallest absolute Gasteiger partial charge is 0.268 e. The fourth-order valence-electron chi connectivity index (χ4n) is 1.79. The van der Waals surface area contributed by atoms with Gasteiger partial charge in [-0.25, -0.2) is 4.90 Å². The van der Waals surface area contributed by atoms with Crippen LogP contribution >= 0.6 is 0 Å².